The monoisotopic (exact) mass is 638 g/mol. The Bertz CT molecular complexity index is 2710. The van der Waals surface area contributed by atoms with E-state index in [1.807, 2.05) is 6.20 Å². The molecule has 10 rings (SSSR count). The summed E-state index contributed by atoms with van der Waals surface area (Å²) in [5, 5.41) is 4.89. The number of aromatic nitrogens is 2. The molecule has 7 aromatic carbocycles. The minimum atomic E-state index is -0.482. The van der Waals surface area contributed by atoms with Gasteiger partial charge in [0.15, 0.2) is 0 Å². The number of fused-ring (bicyclic) bond motifs is 6. The maximum atomic E-state index is 4.82. The first-order chi connectivity index (χ1) is 24.6. The third kappa shape index (κ3) is 4.06. The zero-order valence-corrected chi connectivity index (χ0v) is 28.1. The first kappa shape index (κ1) is 28.7. The van der Waals surface area contributed by atoms with E-state index >= 15 is 0 Å². The molecule has 50 heavy (non-hydrogen) atoms. The van der Waals surface area contributed by atoms with Crippen LogP contribution in [0.2, 0.25) is 0 Å². The summed E-state index contributed by atoms with van der Waals surface area (Å²) < 4.78 is 2.51. The minimum Gasteiger partial charge on any atom is -0.309 e. The summed E-state index contributed by atoms with van der Waals surface area (Å²) in [6.07, 6.45) is 1.91. The molecule has 0 unspecified atom stereocenters. The van der Waals surface area contributed by atoms with Crippen LogP contribution in [0.1, 0.15) is 33.4 Å². The maximum absolute atomic E-state index is 4.82. The van der Waals surface area contributed by atoms with E-state index < -0.39 is 5.41 Å². The average Bonchev–Trinajstić information content (AvgIpc) is 3.51. The summed E-state index contributed by atoms with van der Waals surface area (Å²) in [6, 6.07) is 60.7. The number of rotatable bonds is 4. The van der Waals surface area contributed by atoms with E-state index in [0.29, 0.717) is 0 Å². The van der Waals surface area contributed by atoms with Gasteiger partial charge in [-0.1, -0.05) is 145 Å². The van der Waals surface area contributed by atoms with Gasteiger partial charge in [-0.15, -0.1) is 0 Å². The first-order valence-electron chi connectivity index (χ1n) is 17.4. The van der Waals surface area contributed by atoms with Gasteiger partial charge in [0.1, 0.15) is 0 Å². The Kier molecular flexibility index (Phi) is 6.25. The molecule has 0 N–H and O–H groups in total. The molecular weight excluding hydrogens is 605 g/mol. The van der Waals surface area contributed by atoms with Gasteiger partial charge in [0.25, 0.3) is 0 Å². The zero-order chi connectivity index (χ0) is 33.4. The third-order valence-electron chi connectivity index (χ3n) is 10.9. The van der Waals surface area contributed by atoms with Gasteiger partial charge in [-0.05, 0) is 82.9 Å². The molecule has 0 saturated heterocycles. The normalized spacial score (nSPS) is 13.2. The summed E-state index contributed by atoms with van der Waals surface area (Å²) in [5.41, 5.74) is 15.4. The quantitative estimate of drug-likeness (QED) is 0.188. The second kappa shape index (κ2) is 10.9. The maximum Gasteiger partial charge on any atom is 0.0780 e. The lowest BCUT2D eigenvalue weighted by molar-refractivity contribution is 0.727. The molecule has 0 fully saturated rings. The number of para-hydroxylation sites is 2. The highest BCUT2D eigenvalue weighted by Crippen LogP contribution is 2.54. The van der Waals surface area contributed by atoms with Crippen LogP contribution in [-0.2, 0) is 5.41 Å². The van der Waals surface area contributed by atoms with Crippen molar-refractivity contribution in [2.75, 3.05) is 0 Å². The summed E-state index contributed by atoms with van der Waals surface area (Å²) in [5.74, 6) is 0. The predicted octanol–water partition coefficient (Wildman–Crippen LogP) is 12.0. The lowest BCUT2D eigenvalue weighted by atomic mass is 9.63. The van der Waals surface area contributed by atoms with Crippen molar-refractivity contribution < 1.29 is 0 Å². The van der Waals surface area contributed by atoms with E-state index in [2.05, 4.69) is 182 Å². The Morgan fingerprint density at radius 2 is 1.12 bits per heavy atom. The van der Waals surface area contributed by atoms with Gasteiger partial charge in [-0.3, -0.25) is 4.98 Å². The summed E-state index contributed by atoms with van der Waals surface area (Å²) in [7, 11) is 0. The molecule has 1 aliphatic heterocycles. The smallest absolute Gasteiger partial charge is 0.0780 e. The fourth-order valence-electron chi connectivity index (χ4n) is 8.52. The van der Waals surface area contributed by atoms with Crippen LogP contribution in [0.5, 0.6) is 0 Å². The number of pyridine rings is 1. The molecule has 236 valence electrons. The Hall–Kier alpha value is -6.25. The number of hydrogen-bond donors (Lipinski definition) is 0. The molecule has 0 spiro atoms. The highest BCUT2D eigenvalue weighted by Gasteiger charge is 2.45. The van der Waals surface area contributed by atoms with Gasteiger partial charge in [0, 0.05) is 27.9 Å². The van der Waals surface area contributed by atoms with Crippen molar-refractivity contribution in [2.24, 2.45) is 0 Å². The topological polar surface area (TPSA) is 17.8 Å². The third-order valence-corrected chi connectivity index (χ3v) is 10.9. The van der Waals surface area contributed by atoms with Crippen LogP contribution in [0, 0.1) is 13.8 Å². The van der Waals surface area contributed by atoms with Crippen LogP contribution >= 0.6 is 0 Å². The van der Waals surface area contributed by atoms with Gasteiger partial charge >= 0.3 is 0 Å². The molecule has 0 amide bonds. The predicted molar refractivity (Wildman–Crippen MR) is 208 cm³/mol. The second-order valence-electron chi connectivity index (χ2n) is 13.7. The highest BCUT2D eigenvalue weighted by atomic mass is 15.0. The van der Waals surface area contributed by atoms with Crippen molar-refractivity contribution in [2.45, 2.75) is 19.3 Å². The zero-order valence-electron chi connectivity index (χ0n) is 28.1. The number of benzene rings is 7. The van der Waals surface area contributed by atoms with Crippen LogP contribution in [0.15, 0.2) is 170 Å². The molecule has 0 saturated carbocycles. The first-order valence-corrected chi connectivity index (χ1v) is 17.4. The van der Waals surface area contributed by atoms with E-state index in [4.69, 9.17) is 4.98 Å². The van der Waals surface area contributed by atoms with E-state index in [-0.39, 0.29) is 0 Å². The van der Waals surface area contributed by atoms with Crippen LogP contribution in [0.25, 0.3) is 60.6 Å². The lowest BCUT2D eigenvalue weighted by Crippen LogP contribution is -2.35. The Morgan fingerprint density at radius 1 is 0.480 bits per heavy atom. The second-order valence-corrected chi connectivity index (χ2v) is 13.7. The summed E-state index contributed by atoms with van der Waals surface area (Å²) in [6.45, 7) is 4.34. The molecule has 0 atom stereocenters. The van der Waals surface area contributed by atoms with Crippen LogP contribution in [-0.4, -0.2) is 9.55 Å². The average molecular weight is 639 g/mol. The van der Waals surface area contributed by atoms with Crippen molar-refractivity contribution >= 4 is 32.6 Å². The SMILES string of the molecule is Cc1ccc(C2(c3ccc(C)cc3)c3ccccc3-n3c4ccc(-c5cccc(-c6nccc7ccccc67)c5)cc4c4cccc2c43)cc1. The van der Waals surface area contributed by atoms with Gasteiger partial charge in [0.05, 0.1) is 27.8 Å². The van der Waals surface area contributed by atoms with Crippen molar-refractivity contribution in [3.05, 3.63) is 203 Å². The molecule has 9 aromatic rings. The molecule has 2 heteroatoms. The summed E-state index contributed by atoms with van der Waals surface area (Å²) in [4.78, 5) is 4.82. The molecule has 0 bridgehead atoms. The van der Waals surface area contributed by atoms with Crippen molar-refractivity contribution in [1.29, 1.82) is 0 Å². The lowest BCUT2D eigenvalue weighted by Gasteiger charge is -2.41. The Morgan fingerprint density at radius 3 is 1.92 bits per heavy atom. The largest absolute Gasteiger partial charge is 0.309 e. The van der Waals surface area contributed by atoms with E-state index in [1.165, 1.54) is 82.8 Å². The molecule has 3 heterocycles. The standard InChI is InChI=1S/C48H34N2/c1-31-17-22-37(23-18-31)48(38-24-19-32(2)20-25-38)42-14-5-6-16-45(42)50-44-26-21-35(30-41(44)40-13-8-15-43(48)47(40)50)34-10-7-11-36(29-34)46-39-12-4-3-9-33(39)27-28-49-46/h3-30H,1-2H3. The molecule has 0 radical (unpaired) electrons. The van der Waals surface area contributed by atoms with E-state index in [9.17, 15) is 0 Å². The molecule has 2 nitrogen and oxygen atoms in total. The molecule has 0 aliphatic carbocycles. The highest BCUT2D eigenvalue weighted by molar-refractivity contribution is 6.13. The van der Waals surface area contributed by atoms with Crippen LogP contribution < -0.4 is 0 Å². The number of aryl methyl sites for hydroxylation is 2. The Balaban J connectivity index is 1.24. The van der Waals surface area contributed by atoms with Crippen LogP contribution in [0.4, 0.5) is 0 Å². The fraction of sp³-hybridized carbons (Fsp3) is 0.0625. The van der Waals surface area contributed by atoms with Crippen molar-refractivity contribution in [3.63, 3.8) is 0 Å². The van der Waals surface area contributed by atoms with Gasteiger partial charge < -0.3 is 4.57 Å². The van der Waals surface area contributed by atoms with Crippen molar-refractivity contribution in [3.8, 4) is 28.1 Å². The minimum absolute atomic E-state index is 0.482. The van der Waals surface area contributed by atoms with Gasteiger partial charge in [0.2, 0.25) is 0 Å². The molecule has 2 aromatic heterocycles. The van der Waals surface area contributed by atoms with Gasteiger partial charge in [-0.2, -0.15) is 0 Å². The molecule has 1 aliphatic rings. The van der Waals surface area contributed by atoms with E-state index in [1.54, 1.807) is 0 Å². The molecular formula is C48H34N2. The summed E-state index contributed by atoms with van der Waals surface area (Å²) >= 11 is 0. The fourth-order valence-corrected chi connectivity index (χ4v) is 8.52. The van der Waals surface area contributed by atoms with E-state index in [0.717, 1.165) is 11.3 Å². The van der Waals surface area contributed by atoms with Crippen LogP contribution in [0.3, 0.4) is 0 Å². The number of hydrogen-bond acceptors (Lipinski definition) is 1. The number of nitrogens with zero attached hydrogens (tertiary/aromatic N) is 2. The van der Waals surface area contributed by atoms with Crippen molar-refractivity contribution in [1.82, 2.24) is 9.55 Å². The Labute approximate surface area is 291 Å². The van der Waals surface area contributed by atoms with Gasteiger partial charge in [-0.25, -0.2) is 0 Å².